The molecular weight excluding hydrogens is 394 g/mol. The minimum atomic E-state index is -0.0535. The van der Waals surface area contributed by atoms with Gasteiger partial charge < -0.3 is 10.1 Å². The van der Waals surface area contributed by atoms with Gasteiger partial charge in [-0.3, -0.25) is 4.79 Å². The second kappa shape index (κ2) is 9.33. The maximum absolute atomic E-state index is 12.2. The molecule has 1 heterocycles. The van der Waals surface area contributed by atoms with Gasteiger partial charge >= 0.3 is 0 Å². The van der Waals surface area contributed by atoms with E-state index in [1.54, 1.807) is 0 Å². The maximum atomic E-state index is 12.2. The van der Waals surface area contributed by atoms with Crippen molar-refractivity contribution in [3.05, 3.63) is 101 Å². The minimum absolute atomic E-state index is 0.0535. The quantitative estimate of drug-likeness (QED) is 0.438. The zero-order valence-corrected chi connectivity index (χ0v) is 17.4. The summed E-state index contributed by atoms with van der Waals surface area (Å²) in [6.45, 7) is 2.01. The molecular formula is C24H21N3O2S. The average molecular weight is 416 g/mol. The SMILES string of the molecule is Cc1ccc(NC(=O)Cc2ccc(Oc3nc(Cc4ccccc4)ns3)cc2)cc1. The fraction of sp³-hybridized carbons (Fsp3) is 0.125. The summed E-state index contributed by atoms with van der Waals surface area (Å²) in [6.07, 6.45) is 0.976. The van der Waals surface area contributed by atoms with E-state index in [1.165, 1.54) is 11.5 Å². The van der Waals surface area contributed by atoms with E-state index in [1.807, 2.05) is 73.7 Å². The molecule has 5 nitrogen and oxygen atoms in total. The van der Waals surface area contributed by atoms with Crippen LogP contribution in [0, 0.1) is 6.92 Å². The highest BCUT2D eigenvalue weighted by Crippen LogP contribution is 2.24. The van der Waals surface area contributed by atoms with Crippen LogP contribution >= 0.6 is 11.5 Å². The van der Waals surface area contributed by atoms with Crippen molar-refractivity contribution in [3.63, 3.8) is 0 Å². The lowest BCUT2D eigenvalue weighted by atomic mass is 10.1. The van der Waals surface area contributed by atoms with Crippen molar-refractivity contribution >= 4 is 23.1 Å². The molecule has 1 amide bonds. The number of aryl methyl sites for hydroxylation is 1. The monoisotopic (exact) mass is 415 g/mol. The third-order valence-corrected chi connectivity index (χ3v) is 5.12. The molecule has 0 aliphatic carbocycles. The lowest BCUT2D eigenvalue weighted by Crippen LogP contribution is -2.14. The third kappa shape index (κ3) is 5.52. The Morgan fingerprint density at radius 2 is 1.67 bits per heavy atom. The number of nitrogens with zero attached hydrogens (tertiary/aromatic N) is 2. The number of rotatable bonds is 7. The van der Waals surface area contributed by atoms with Crippen molar-refractivity contribution in [2.45, 2.75) is 19.8 Å². The highest BCUT2D eigenvalue weighted by molar-refractivity contribution is 7.07. The first-order chi connectivity index (χ1) is 14.6. The van der Waals surface area contributed by atoms with Crippen molar-refractivity contribution in [1.29, 1.82) is 0 Å². The molecule has 3 aromatic carbocycles. The van der Waals surface area contributed by atoms with Gasteiger partial charge in [-0.2, -0.15) is 9.36 Å². The van der Waals surface area contributed by atoms with E-state index in [-0.39, 0.29) is 5.91 Å². The van der Waals surface area contributed by atoms with E-state index in [2.05, 4.69) is 26.8 Å². The predicted octanol–water partition coefficient (Wildman–Crippen LogP) is 5.41. The van der Waals surface area contributed by atoms with E-state index < -0.39 is 0 Å². The predicted molar refractivity (Wildman–Crippen MR) is 119 cm³/mol. The van der Waals surface area contributed by atoms with Crippen LogP contribution in [0.2, 0.25) is 0 Å². The summed E-state index contributed by atoms with van der Waals surface area (Å²) >= 11 is 1.23. The summed E-state index contributed by atoms with van der Waals surface area (Å²) in [5, 5.41) is 3.41. The van der Waals surface area contributed by atoms with E-state index >= 15 is 0 Å². The second-order valence-corrected chi connectivity index (χ2v) is 7.69. The number of benzene rings is 3. The van der Waals surface area contributed by atoms with Gasteiger partial charge in [0.2, 0.25) is 5.91 Å². The van der Waals surface area contributed by atoms with Crippen LogP contribution in [-0.4, -0.2) is 15.3 Å². The Bertz CT molecular complexity index is 1110. The Morgan fingerprint density at radius 1 is 0.933 bits per heavy atom. The van der Waals surface area contributed by atoms with E-state index in [0.29, 0.717) is 23.8 Å². The Balaban J connectivity index is 1.31. The lowest BCUT2D eigenvalue weighted by Gasteiger charge is -2.06. The fourth-order valence-corrected chi connectivity index (χ4v) is 3.50. The van der Waals surface area contributed by atoms with Crippen LogP contribution in [0.1, 0.15) is 22.5 Å². The highest BCUT2D eigenvalue weighted by Gasteiger charge is 2.08. The van der Waals surface area contributed by atoms with Crippen molar-refractivity contribution in [1.82, 2.24) is 9.36 Å². The van der Waals surface area contributed by atoms with Crippen LogP contribution in [0.15, 0.2) is 78.9 Å². The zero-order valence-electron chi connectivity index (χ0n) is 16.5. The number of carbonyl (C=O) groups is 1. The molecule has 0 aliphatic rings. The molecule has 1 N–H and O–H groups in total. The Labute approximate surface area is 179 Å². The molecule has 6 heteroatoms. The standard InChI is InChI=1S/C24H21N3O2S/c1-17-7-11-20(12-8-17)25-23(28)16-19-9-13-21(14-10-19)29-24-26-22(27-30-24)15-18-5-3-2-4-6-18/h2-14H,15-16H2,1H3,(H,25,28). The van der Waals surface area contributed by atoms with Gasteiger partial charge in [0.1, 0.15) is 5.75 Å². The smallest absolute Gasteiger partial charge is 0.298 e. The molecule has 0 bridgehead atoms. The van der Waals surface area contributed by atoms with Gasteiger partial charge in [-0.1, -0.05) is 60.2 Å². The summed E-state index contributed by atoms with van der Waals surface area (Å²) < 4.78 is 10.2. The van der Waals surface area contributed by atoms with Crippen molar-refractivity contribution in [3.8, 4) is 10.9 Å². The van der Waals surface area contributed by atoms with Gasteiger partial charge in [0, 0.05) is 23.6 Å². The molecule has 0 spiro atoms. The summed E-state index contributed by atoms with van der Waals surface area (Å²) in [6, 6.07) is 25.3. The van der Waals surface area contributed by atoms with Gasteiger partial charge in [-0.25, -0.2) is 0 Å². The summed E-state index contributed by atoms with van der Waals surface area (Å²) in [7, 11) is 0. The van der Waals surface area contributed by atoms with Crippen LogP contribution in [0.4, 0.5) is 5.69 Å². The van der Waals surface area contributed by atoms with Crippen LogP contribution in [0.25, 0.3) is 0 Å². The zero-order chi connectivity index (χ0) is 20.8. The maximum Gasteiger partial charge on any atom is 0.298 e. The summed E-state index contributed by atoms with van der Waals surface area (Å²) in [5.41, 5.74) is 4.03. The largest absolute Gasteiger partial charge is 0.430 e. The molecule has 0 atom stereocenters. The Kier molecular flexibility index (Phi) is 6.15. The lowest BCUT2D eigenvalue weighted by molar-refractivity contribution is -0.115. The van der Waals surface area contributed by atoms with Gasteiger partial charge in [0.05, 0.1) is 6.42 Å². The normalized spacial score (nSPS) is 10.6. The summed E-state index contributed by atoms with van der Waals surface area (Å²) in [4.78, 5) is 16.7. The second-order valence-electron chi connectivity index (χ2n) is 6.98. The third-order valence-electron chi connectivity index (χ3n) is 4.48. The molecule has 150 valence electrons. The molecule has 0 fully saturated rings. The van der Waals surface area contributed by atoms with E-state index in [4.69, 9.17) is 4.74 Å². The van der Waals surface area contributed by atoms with E-state index in [9.17, 15) is 4.79 Å². The molecule has 0 unspecified atom stereocenters. The first kappa shape index (κ1) is 19.8. The highest BCUT2D eigenvalue weighted by atomic mass is 32.1. The molecule has 4 rings (SSSR count). The topological polar surface area (TPSA) is 64.1 Å². The van der Waals surface area contributed by atoms with Gasteiger partial charge in [0.15, 0.2) is 5.82 Å². The first-order valence-corrected chi connectivity index (χ1v) is 10.4. The number of ether oxygens (including phenoxy) is 1. The number of carbonyl (C=O) groups excluding carboxylic acids is 1. The van der Waals surface area contributed by atoms with Crippen LogP contribution in [0.3, 0.4) is 0 Å². The first-order valence-electron chi connectivity index (χ1n) is 9.64. The van der Waals surface area contributed by atoms with Gasteiger partial charge in [-0.05, 0) is 42.3 Å². The number of hydrogen-bond donors (Lipinski definition) is 1. The number of anilines is 1. The minimum Gasteiger partial charge on any atom is -0.430 e. The molecule has 4 aromatic rings. The Morgan fingerprint density at radius 3 is 2.40 bits per heavy atom. The number of aromatic nitrogens is 2. The number of amides is 1. The van der Waals surface area contributed by atoms with Crippen molar-refractivity contribution in [2.24, 2.45) is 0 Å². The van der Waals surface area contributed by atoms with Crippen molar-refractivity contribution in [2.75, 3.05) is 5.32 Å². The Hall–Kier alpha value is -3.51. The summed E-state index contributed by atoms with van der Waals surface area (Å²) in [5.74, 6) is 1.35. The number of nitrogens with one attached hydrogen (secondary N) is 1. The van der Waals surface area contributed by atoms with E-state index in [0.717, 1.165) is 28.2 Å². The molecule has 0 saturated carbocycles. The van der Waals surface area contributed by atoms with Crippen LogP contribution in [0.5, 0.6) is 10.9 Å². The van der Waals surface area contributed by atoms with Crippen molar-refractivity contribution < 1.29 is 9.53 Å². The molecule has 1 aromatic heterocycles. The van der Waals surface area contributed by atoms with Gasteiger partial charge in [-0.15, -0.1) is 0 Å². The van der Waals surface area contributed by atoms with Gasteiger partial charge in [0.25, 0.3) is 5.19 Å². The molecule has 0 radical (unpaired) electrons. The number of hydrogen-bond acceptors (Lipinski definition) is 5. The fourth-order valence-electron chi connectivity index (χ4n) is 2.93. The van der Waals surface area contributed by atoms with Crippen LogP contribution < -0.4 is 10.1 Å². The average Bonchev–Trinajstić information content (AvgIpc) is 3.18. The molecule has 0 aliphatic heterocycles. The molecule has 30 heavy (non-hydrogen) atoms. The van der Waals surface area contributed by atoms with Crippen LogP contribution in [-0.2, 0) is 17.6 Å². The molecule has 0 saturated heterocycles.